The van der Waals surface area contributed by atoms with Gasteiger partial charge in [-0.1, -0.05) is 315 Å². The predicted molar refractivity (Wildman–Crippen MR) is 550 cm³/mol. The summed E-state index contributed by atoms with van der Waals surface area (Å²) in [6.45, 7) is 0. The Morgan fingerprint density at radius 3 is 0.812 bits per heavy atom. The average Bonchev–Trinajstić information content (AvgIpc) is 1.49. The van der Waals surface area contributed by atoms with Crippen molar-refractivity contribution in [2.24, 2.45) is 0 Å². The van der Waals surface area contributed by atoms with Crippen LogP contribution in [0.3, 0.4) is 0 Å². The molecular weight excluding hydrogens is 1590 g/mol. The van der Waals surface area contributed by atoms with Gasteiger partial charge in [0.25, 0.3) is 0 Å². The lowest BCUT2D eigenvalue weighted by Gasteiger charge is -2.13. The zero-order chi connectivity index (χ0) is 83.2. The molecule has 592 valence electrons. The van der Waals surface area contributed by atoms with Crippen molar-refractivity contribution in [3.05, 3.63) is 413 Å². The Balaban J connectivity index is 0.0000000845. The van der Waals surface area contributed by atoms with Gasteiger partial charge in [-0.15, -0.1) is 22.7 Å². The number of rotatable bonds is 0. The van der Waals surface area contributed by atoms with Crippen LogP contribution in [0.2, 0.25) is 0 Å². The molecule has 0 amide bonds. The normalized spacial score (nSPS) is 12.4. The van der Waals surface area contributed by atoms with Gasteiger partial charge in [0.05, 0.1) is 44.1 Å². The molecule has 128 heavy (non-hydrogen) atoms. The van der Waals surface area contributed by atoms with Gasteiger partial charge in [-0.2, -0.15) is 0 Å². The highest BCUT2D eigenvalue weighted by Crippen LogP contribution is 2.49. The topological polar surface area (TPSA) is 43.9 Å². The predicted octanol–water partition coefficient (Wildman–Crippen LogP) is 34.7. The molecule has 32 aromatic rings. The zero-order valence-electron chi connectivity index (χ0n) is 68.7. The van der Waals surface area contributed by atoms with Crippen LogP contribution in [0.1, 0.15) is 0 Å². The first-order valence-corrected chi connectivity index (χ1v) is 45.4. The Morgan fingerprint density at radius 1 is 0.148 bits per heavy atom. The summed E-state index contributed by atoms with van der Waals surface area (Å²) in [6, 6.07) is 141. The molecule has 12 heterocycles. The van der Waals surface area contributed by atoms with E-state index in [1.165, 1.54) is 241 Å². The van der Waals surface area contributed by atoms with Crippen molar-refractivity contribution in [3.63, 3.8) is 0 Å². The summed E-state index contributed by atoms with van der Waals surface area (Å²) >= 11 is 3.78. The number of para-hydroxylation sites is 2. The van der Waals surface area contributed by atoms with Crippen molar-refractivity contribution in [1.29, 1.82) is 0 Å². The molecule has 0 fully saturated rings. The van der Waals surface area contributed by atoms with Crippen LogP contribution < -0.4 is 0 Å². The van der Waals surface area contributed by atoms with Crippen LogP contribution in [0.15, 0.2) is 422 Å². The molecule has 8 heteroatoms. The van der Waals surface area contributed by atoms with E-state index in [4.69, 9.17) is 8.83 Å². The molecule has 0 aliphatic heterocycles. The first kappa shape index (κ1) is 70.1. The van der Waals surface area contributed by atoms with E-state index >= 15 is 0 Å². The number of hydrogen-bond donors (Lipinski definition) is 0. The lowest BCUT2D eigenvalue weighted by atomic mass is 9.96. The van der Waals surface area contributed by atoms with Crippen LogP contribution >= 0.6 is 22.7 Å². The van der Waals surface area contributed by atoms with Gasteiger partial charge in [-0.05, 0) is 110 Å². The smallest absolute Gasteiger partial charge is 0.137 e. The molecule has 0 N–H and O–H groups in total. The van der Waals surface area contributed by atoms with Crippen molar-refractivity contribution in [3.8, 4) is 0 Å². The van der Waals surface area contributed by atoms with Crippen molar-refractivity contribution >= 4 is 302 Å². The molecule has 0 atom stereocenters. The second-order valence-electron chi connectivity index (χ2n) is 34.4. The second-order valence-corrected chi connectivity index (χ2v) is 36.6. The van der Waals surface area contributed by atoms with Gasteiger partial charge in [0.15, 0.2) is 0 Å². The van der Waals surface area contributed by atoms with E-state index in [0.29, 0.717) is 0 Å². The maximum Gasteiger partial charge on any atom is 0.137 e. The molecule has 0 aliphatic carbocycles. The third-order valence-corrected chi connectivity index (χ3v) is 30.0. The second kappa shape index (κ2) is 26.6. The first-order valence-electron chi connectivity index (χ1n) is 43.8. The number of furan rings is 2. The maximum atomic E-state index is 6.28. The Kier molecular flexibility index (Phi) is 14.6. The molecule has 0 aliphatic rings. The third kappa shape index (κ3) is 10.0. The number of aromatic nitrogens is 4. The van der Waals surface area contributed by atoms with Crippen LogP contribution in [-0.2, 0) is 0 Å². The van der Waals surface area contributed by atoms with Crippen molar-refractivity contribution < 1.29 is 8.83 Å². The Morgan fingerprint density at radius 2 is 0.414 bits per heavy atom. The lowest BCUT2D eigenvalue weighted by Crippen LogP contribution is -1.91. The lowest BCUT2D eigenvalue weighted by molar-refractivity contribution is 0.669. The highest BCUT2D eigenvalue weighted by Gasteiger charge is 2.24. The molecule has 32 rings (SSSR count). The minimum Gasteiger partial charge on any atom is -0.456 e. The van der Waals surface area contributed by atoms with Gasteiger partial charge in [0.2, 0.25) is 0 Å². The summed E-state index contributed by atoms with van der Waals surface area (Å²) in [4.78, 5) is 0. The Hall–Kier alpha value is -16.4. The van der Waals surface area contributed by atoms with Gasteiger partial charge in [-0.3, -0.25) is 0 Å². The molecule has 6 nitrogen and oxygen atoms in total. The molecule has 12 aromatic heterocycles. The van der Waals surface area contributed by atoms with Gasteiger partial charge in [0, 0.05) is 200 Å². The molecule has 0 unspecified atom stereocenters. The van der Waals surface area contributed by atoms with Crippen LogP contribution in [0.25, 0.3) is 279 Å². The molecule has 0 saturated carbocycles. The monoisotopic (exact) mass is 1660 g/mol. The SMILES string of the molecule is c1ccc2c(c1)ccc1c2c2cc3c(cc2n2cc4ccccc4c12)oc1ccccc13.c1ccc2c(c1)ccc1c2c2cc3c(cc2n2cc4ccccc4c12)sc1ccccc13.c1ccc2c(c1)ccc1c2c2cc3oc4ccccc4c3cc2n2cc3ccccc3c12.c1ccc2c(c1)ccc1c2c2cc3sc4ccccc4c3cc2n2cc3ccccc3c12. The van der Waals surface area contributed by atoms with Crippen LogP contribution in [-0.4, -0.2) is 17.6 Å². The highest BCUT2D eigenvalue weighted by atomic mass is 32.1. The number of benzene rings is 20. The molecule has 0 bridgehead atoms. The van der Waals surface area contributed by atoms with E-state index in [2.05, 4.69) is 406 Å². The Labute approximate surface area is 735 Å². The van der Waals surface area contributed by atoms with Gasteiger partial charge >= 0.3 is 0 Å². The van der Waals surface area contributed by atoms with Gasteiger partial charge < -0.3 is 26.4 Å². The summed E-state index contributed by atoms with van der Waals surface area (Å²) in [5.74, 6) is 0. The zero-order valence-corrected chi connectivity index (χ0v) is 70.3. The van der Waals surface area contributed by atoms with Crippen molar-refractivity contribution in [2.45, 2.75) is 0 Å². The van der Waals surface area contributed by atoms with E-state index in [-0.39, 0.29) is 0 Å². The summed E-state index contributed by atoms with van der Waals surface area (Å²) < 4.78 is 27.5. The summed E-state index contributed by atoms with van der Waals surface area (Å²) in [7, 11) is 0. The van der Waals surface area contributed by atoms with E-state index in [1.54, 1.807) is 0 Å². The van der Waals surface area contributed by atoms with Gasteiger partial charge in [-0.25, -0.2) is 0 Å². The fourth-order valence-electron chi connectivity index (χ4n) is 22.2. The minimum absolute atomic E-state index is 0.928. The minimum atomic E-state index is 0.928. The molecule has 0 radical (unpaired) electrons. The first-order chi connectivity index (χ1) is 63.5. The summed E-state index contributed by atoms with van der Waals surface area (Å²) in [6.07, 6.45) is 9.15. The van der Waals surface area contributed by atoms with Crippen LogP contribution in [0, 0.1) is 0 Å². The van der Waals surface area contributed by atoms with Crippen molar-refractivity contribution in [1.82, 2.24) is 17.6 Å². The standard InChI is InChI=1S/2C30H17NO.2C30H17NS/c1-3-9-20-18(7-1)13-14-23-29(20)25-16-28-24(22-11-5-6-12-27(22)32-28)15-26(25)31-17-19-8-2-4-10-21(19)30(23)31;1-3-9-20-18(7-1)13-14-23-29(20)25-15-24-22-11-5-6-12-27(22)32-28(24)16-26(25)31-17-19-8-2-4-10-21(19)30(23)31;1-3-9-20-18(7-1)13-14-23-29(20)25-16-28-24(22-11-5-6-12-27(22)32-28)15-26(25)31-17-19-8-2-4-10-21(19)30(23)31;1-3-9-20-18(7-1)13-14-23-29(20)25-15-24-22-11-5-6-12-27(22)32-28(24)16-26(25)31-17-19-8-2-4-10-21(19)30(23)31/h4*1-17H. The van der Waals surface area contributed by atoms with Crippen LogP contribution in [0.4, 0.5) is 0 Å². The molecule has 0 saturated heterocycles. The van der Waals surface area contributed by atoms with E-state index < -0.39 is 0 Å². The Bertz CT molecular complexity index is 9940. The largest absolute Gasteiger partial charge is 0.456 e. The summed E-state index contributed by atoms with van der Waals surface area (Å²) in [5, 5.41) is 46.2. The van der Waals surface area contributed by atoms with Crippen molar-refractivity contribution in [2.75, 3.05) is 0 Å². The number of fused-ring (bicyclic) bond motifs is 52. The number of hydrogen-bond acceptors (Lipinski definition) is 4. The van der Waals surface area contributed by atoms with E-state index in [9.17, 15) is 0 Å². The quantitative estimate of drug-likeness (QED) is 0.142. The summed E-state index contributed by atoms with van der Waals surface area (Å²) in [5.41, 5.74) is 13.8. The van der Waals surface area contributed by atoms with Gasteiger partial charge in [0.1, 0.15) is 22.3 Å². The van der Waals surface area contributed by atoms with Crippen LogP contribution in [0.5, 0.6) is 0 Å². The fourth-order valence-corrected chi connectivity index (χ4v) is 24.4. The average molecular weight is 1660 g/mol. The molecule has 20 aromatic carbocycles. The number of nitrogens with zero attached hydrogens (tertiary/aromatic N) is 4. The third-order valence-electron chi connectivity index (χ3n) is 27.7. The highest BCUT2D eigenvalue weighted by molar-refractivity contribution is 7.26. The molecule has 0 spiro atoms. The number of pyridine rings is 4. The molecular formula is C120H68N4O2S2. The van der Waals surface area contributed by atoms with E-state index in [0.717, 1.165) is 38.5 Å². The number of thiophene rings is 2. The fraction of sp³-hybridized carbons (Fsp3) is 0. The van der Waals surface area contributed by atoms with E-state index in [1.807, 2.05) is 46.9 Å². The maximum absolute atomic E-state index is 6.28.